The van der Waals surface area contributed by atoms with Crippen molar-refractivity contribution in [3.63, 3.8) is 0 Å². The van der Waals surface area contributed by atoms with Crippen LogP contribution in [0.1, 0.15) is 47.2 Å². The molecule has 0 radical (unpaired) electrons. The fraction of sp³-hybridized carbons (Fsp3) is 0.591. The summed E-state index contributed by atoms with van der Waals surface area (Å²) in [6, 6.07) is 5.42. The summed E-state index contributed by atoms with van der Waals surface area (Å²) in [4.78, 5) is 41.1. The molecule has 2 N–H and O–H groups in total. The maximum absolute atomic E-state index is 13.3. The zero-order valence-corrected chi connectivity index (χ0v) is 17.1. The molecule has 1 spiro atoms. The third-order valence-corrected chi connectivity index (χ3v) is 6.88. The molecule has 0 aromatic heterocycles. The molecule has 4 aliphatic heterocycles. The minimum absolute atomic E-state index is 0.0791. The van der Waals surface area contributed by atoms with Crippen molar-refractivity contribution >= 4 is 17.7 Å². The Bertz CT molecular complexity index is 874. The van der Waals surface area contributed by atoms with Crippen molar-refractivity contribution in [3.8, 4) is 0 Å². The largest absolute Gasteiger partial charge is 0.372 e. The Kier molecular flexibility index (Phi) is 5.08. The van der Waals surface area contributed by atoms with Crippen molar-refractivity contribution in [1.29, 1.82) is 0 Å². The third kappa shape index (κ3) is 3.53. The minimum atomic E-state index is -0.572. The van der Waals surface area contributed by atoms with Gasteiger partial charge in [-0.25, -0.2) is 0 Å². The van der Waals surface area contributed by atoms with Crippen LogP contribution >= 0.6 is 0 Å². The van der Waals surface area contributed by atoms with Crippen molar-refractivity contribution in [1.82, 2.24) is 20.4 Å². The second-order valence-corrected chi connectivity index (χ2v) is 8.84. The molecule has 1 atom stereocenters. The number of rotatable bonds is 3. The number of fused-ring (bicyclic) bond motifs is 1. The summed E-state index contributed by atoms with van der Waals surface area (Å²) in [5.41, 5.74) is 2.63. The summed E-state index contributed by atoms with van der Waals surface area (Å²) in [5.74, 6) is -0.727. The number of nitrogens with one attached hydrogen (secondary N) is 2. The number of ether oxygens (including phenoxy) is 1. The number of hydrogen-bond donors (Lipinski definition) is 2. The van der Waals surface area contributed by atoms with Crippen LogP contribution in [0.4, 0.5) is 0 Å². The number of amides is 3. The molecule has 3 fully saturated rings. The molecule has 30 heavy (non-hydrogen) atoms. The smallest absolute Gasteiger partial charge is 0.255 e. The lowest BCUT2D eigenvalue weighted by Gasteiger charge is -2.45. The average molecular weight is 412 g/mol. The van der Waals surface area contributed by atoms with E-state index in [-0.39, 0.29) is 29.7 Å². The van der Waals surface area contributed by atoms with Gasteiger partial charge >= 0.3 is 0 Å². The Balaban J connectivity index is 1.34. The van der Waals surface area contributed by atoms with Gasteiger partial charge in [0.15, 0.2) is 0 Å². The van der Waals surface area contributed by atoms with Gasteiger partial charge in [0.1, 0.15) is 6.04 Å². The van der Waals surface area contributed by atoms with Crippen LogP contribution in [0, 0.1) is 0 Å². The molecule has 1 unspecified atom stereocenters. The number of piperidine rings is 2. The third-order valence-electron chi connectivity index (χ3n) is 6.88. The van der Waals surface area contributed by atoms with Crippen LogP contribution in [0.15, 0.2) is 18.2 Å². The van der Waals surface area contributed by atoms with E-state index in [1.54, 1.807) is 4.90 Å². The molecule has 5 rings (SSSR count). The van der Waals surface area contributed by atoms with E-state index in [1.807, 2.05) is 18.2 Å². The maximum atomic E-state index is 13.3. The highest BCUT2D eigenvalue weighted by atomic mass is 16.5. The van der Waals surface area contributed by atoms with Gasteiger partial charge in [0.2, 0.25) is 11.8 Å². The fourth-order valence-corrected chi connectivity index (χ4v) is 5.31. The molecule has 0 aliphatic carbocycles. The van der Waals surface area contributed by atoms with E-state index in [4.69, 9.17) is 4.74 Å². The highest BCUT2D eigenvalue weighted by Gasteiger charge is 2.41. The Morgan fingerprint density at radius 2 is 2.00 bits per heavy atom. The number of imide groups is 1. The molecule has 160 valence electrons. The molecule has 0 bridgehead atoms. The van der Waals surface area contributed by atoms with Crippen molar-refractivity contribution in [2.45, 2.75) is 50.4 Å². The van der Waals surface area contributed by atoms with Crippen LogP contribution in [0.5, 0.6) is 0 Å². The van der Waals surface area contributed by atoms with E-state index < -0.39 is 6.04 Å². The van der Waals surface area contributed by atoms with Crippen molar-refractivity contribution < 1.29 is 19.1 Å². The normalized spacial score (nSPS) is 26.7. The first kappa shape index (κ1) is 19.7. The minimum Gasteiger partial charge on any atom is -0.372 e. The van der Waals surface area contributed by atoms with Gasteiger partial charge in [-0.1, -0.05) is 18.2 Å². The first-order valence-electron chi connectivity index (χ1n) is 10.9. The number of carbonyl (C=O) groups is 3. The summed E-state index contributed by atoms with van der Waals surface area (Å²) < 4.78 is 6.18. The fourth-order valence-electron chi connectivity index (χ4n) is 5.31. The summed E-state index contributed by atoms with van der Waals surface area (Å²) in [6.45, 7) is 5.53. The Morgan fingerprint density at radius 3 is 2.80 bits per heavy atom. The van der Waals surface area contributed by atoms with E-state index in [1.165, 1.54) is 0 Å². The van der Waals surface area contributed by atoms with Gasteiger partial charge in [0, 0.05) is 38.2 Å². The van der Waals surface area contributed by atoms with E-state index in [0.717, 1.165) is 55.7 Å². The van der Waals surface area contributed by atoms with Crippen LogP contribution in [0.2, 0.25) is 0 Å². The zero-order valence-electron chi connectivity index (χ0n) is 17.1. The van der Waals surface area contributed by atoms with Crippen LogP contribution in [-0.2, 0) is 27.4 Å². The summed E-state index contributed by atoms with van der Waals surface area (Å²) in [6.07, 6.45) is 2.69. The van der Waals surface area contributed by atoms with Gasteiger partial charge in [-0.15, -0.1) is 0 Å². The van der Waals surface area contributed by atoms with E-state index in [2.05, 4.69) is 15.5 Å². The SMILES string of the molecule is O=C1CCC(N2Cc3cccc(CN4CCOC5(CCNCC5)C4)c3C2=O)C(=O)N1. The number of nitrogens with zero attached hydrogens (tertiary/aromatic N) is 2. The summed E-state index contributed by atoms with van der Waals surface area (Å²) in [7, 11) is 0. The first-order valence-corrected chi connectivity index (χ1v) is 10.9. The second-order valence-electron chi connectivity index (χ2n) is 8.84. The molecule has 0 saturated carbocycles. The summed E-state index contributed by atoms with van der Waals surface area (Å²) in [5, 5.41) is 5.77. The van der Waals surface area contributed by atoms with Crippen LogP contribution in [-0.4, -0.2) is 72.0 Å². The second kappa shape index (κ2) is 7.76. The molecule has 8 heteroatoms. The summed E-state index contributed by atoms with van der Waals surface area (Å²) >= 11 is 0. The van der Waals surface area contributed by atoms with Crippen LogP contribution < -0.4 is 10.6 Å². The van der Waals surface area contributed by atoms with Gasteiger partial charge < -0.3 is 15.0 Å². The Labute approximate surface area is 175 Å². The lowest BCUT2D eigenvalue weighted by Crippen LogP contribution is -2.56. The van der Waals surface area contributed by atoms with Gasteiger partial charge in [-0.05, 0) is 43.5 Å². The topological polar surface area (TPSA) is 91.0 Å². The average Bonchev–Trinajstić information content (AvgIpc) is 3.06. The van der Waals surface area contributed by atoms with Gasteiger partial charge in [0.05, 0.1) is 12.2 Å². The number of carbonyl (C=O) groups excluding carboxylic acids is 3. The molecule has 4 aliphatic rings. The van der Waals surface area contributed by atoms with E-state index >= 15 is 0 Å². The van der Waals surface area contributed by atoms with Gasteiger partial charge in [-0.3, -0.25) is 24.6 Å². The molecule has 1 aromatic carbocycles. The lowest BCUT2D eigenvalue weighted by atomic mass is 9.90. The highest BCUT2D eigenvalue weighted by Crippen LogP contribution is 2.32. The number of benzene rings is 1. The predicted octanol–water partition coefficient (Wildman–Crippen LogP) is 0.402. The van der Waals surface area contributed by atoms with Crippen LogP contribution in [0.25, 0.3) is 0 Å². The van der Waals surface area contributed by atoms with E-state index in [0.29, 0.717) is 26.1 Å². The quantitative estimate of drug-likeness (QED) is 0.699. The molecule has 3 amide bonds. The molecular weight excluding hydrogens is 384 g/mol. The van der Waals surface area contributed by atoms with Crippen LogP contribution in [0.3, 0.4) is 0 Å². The molecule has 1 aromatic rings. The molecular formula is C22H28N4O4. The van der Waals surface area contributed by atoms with E-state index in [9.17, 15) is 14.4 Å². The first-order chi connectivity index (χ1) is 14.5. The maximum Gasteiger partial charge on any atom is 0.255 e. The molecule has 8 nitrogen and oxygen atoms in total. The number of morpholine rings is 1. The monoisotopic (exact) mass is 412 g/mol. The standard InChI is InChI=1S/C22H28N4O4/c27-18-5-4-17(20(28)24-18)26-13-16-3-1-2-15(19(16)21(26)29)12-25-10-11-30-22(14-25)6-8-23-9-7-22/h1-3,17,23H,4-14H2,(H,24,27,28). The van der Waals surface area contributed by atoms with Gasteiger partial charge in [0.25, 0.3) is 5.91 Å². The molecule has 4 heterocycles. The Hall–Kier alpha value is -2.29. The van der Waals surface area contributed by atoms with Crippen molar-refractivity contribution in [2.75, 3.05) is 32.8 Å². The Morgan fingerprint density at radius 1 is 1.17 bits per heavy atom. The number of hydrogen-bond acceptors (Lipinski definition) is 6. The lowest BCUT2D eigenvalue weighted by molar-refractivity contribution is -0.136. The molecule has 3 saturated heterocycles. The zero-order chi connectivity index (χ0) is 20.7. The van der Waals surface area contributed by atoms with Crippen molar-refractivity contribution in [2.24, 2.45) is 0 Å². The highest BCUT2D eigenvalue weighted by molar-refractivity contribution is 6.05. The predicted molar refractivity (Wildman–Crippen MR) is 109 cm³/mol. The van der Waals surface area contributed by atoms with Gasteiger partial charge in [-0.2, -0.15) is 0 Å². The van der Waals surface area contributed by atoms with Crippen molar-refractivity contribution in [3.05, 3.63) is 34.9 Å².